The van der Waals surface area contributed by atoms with E-state index in [1.807, 2.05) is 0 Å². The summed E-state index contributed by atoms with van der Waals surface area (Å²) in [5, 5.41) is 0. The summed E-state index contributed by atoms with van der Waals surface area (Å²) in [6.45, 7) is 6.68. The molecule has 2 unspecified atom stereocenters. The average Bonchev–Trinajstić information content (AvgIpc) is 1.54. The Bertz CT molecular complexity index is 156. The predicted octanol–water partition coefficient (Wildman–Crippen LogP) is 3.05. The van der Waals surface area contributed by atoms with Gasteiger partial charge in [0.15, 0.2) is 0 Å². The maximum Gasteiger partial charge on any atom is 0.0144 e. The van der Waals surface area contributed by atoms with Gasteiger partial charge in [0.2, 0.25) is 0 Å². The van der Waals surface area contributed by atoms with Crippen molar-refractivity contribution in [2.24, 2.45) is 5.92 Å². The van der Waals surface area contributed by atoms with E-state index < -0.39 is 0 Å². The fourth-order valence-electron chi connectivity index (χ4n) is 1.97. The molecule has 0 fully saturated rings. The Morgan fingerprint density at radius 3 is 2.70 bits per heavy atom. The minimum atomic E-state index is 0.248. The number of hydrogen-bond donors (Lipinski definition) is 1. The molecule has 0 radical (unpaired) electrons. The monoisotopic (exact) mass is 156 g/mol. The van der Waals surface area contributed by atoms with Crippen molar-refractivity contribution in [3.63, 3.8) is 0 Å². The first-order valence-electron chi connectivity index (χ1n) is 3.89. The van der Waals surface area contributed by atoms with Gasteiger partial charge in [-0.05, 0) is 25.7 Å². The smallest absolute Gasteiger partial charge is 0.0144 e. The van der Waals surface area contributed by atoms with Crippen LogP contribution < -0.4 is 0 Å². The SMILES string of the molecule is CC1=CC(C)CC(C)(S)C1. The van der Waals surface area contributed by atoms with Crippen LogP contribution in [0.1, 0.15) is 33.6 Å². The topological polar surface area (TPSA) is 0 Å². The summed E-state index contributed by atoms with van der Waals surface area (Å²) in [4.78, 5) is 0. The van der Waals surface area contributed by atoms with Gasteiger partial charge in [-0.2, -0.15) is 12.6 Å². The highest BCUT2D eigenvalue weighted by atomic mass is 32.1. The molecule has 0 nitrogen and oxygen atoms in total. The molecule has 0 aromatic heterocycles. The lowest BCUT2D eigenvalue weighted by Crippen LogP contribution is -2.23. The lowest BCUT2D eigenvalue weighted by molar-refractivity contribution is 0.478. The van der Waals surface area contributed by atoms with Gasteiger partial charge < -0.3 is 0 Å². The van der Waals surface area contributed by atoms with Crippen molar-refractivity contribution in [3.8, 4) is 0 Å². The highest BCUT2D eigenvalue weighted by molar-refractivity contribution is 7.81. The lowest BCUT2D eigenvalue weighted by Gasteiger charge is -2.31. The predicted molar refractivity (Wildman–Crippen MR) is 49.5 cm³/mol. The van der Waals surface area contributed by atoms with Crippen LogP contribution in [0.5, 0.6) is 0 Å². The Labute approximate surface area is 69.1 Å². The van der Waals surface area contributed by atoms with Crippen LogP contribution >= 0.6 is 12.6 Å². The largest absolute Gasteiger partial charge is 0.172 e. The van der Waals surface area contributed by atoms with E-state index in [2.05, 4.69) is 39.5 Å². The number of thiol groups is 1. The molecule has 1 aliphatic carbocycles. The van der Waals surface area contributed by atoms with Crippen molar-refractivity contribution in [2.45, 2.75) is 38.4 Å². The highest BCUT2D eigenvalue weighted by Crippen LogP contribution is 2.35. The molecule has 0 heterocycles. The summed E-state index contributed by atoms with van der Waals surface area (Å²) in [5.74, 6) is 0.719. The first-order valence-corrected chi connectivity index (χ1v) is 4.34. The molecule has 0 saturated carbocycles. The van der Waals surface area contributed by atoms with Gasteiger partial charge in [0, 0.05) is 4.75 Å². The maximum atomic E-state index is 4.60. The molecular formula is C9H16S. The summed E-state index contributed by atoms with van der Waals surface area (Å²) >= 11 is 4.60. The molecular weight excluding hydrogens is 140 g/mol. The quantitative estimate of drug-likeness (QED) is 0.404. The molecule has 0 amide bonds. The number of allylic oxidation sites excluding steroid dienone is 2. The van der Waals surface area contributed by atoms with E-state index in [9.17, 15) is 0 Å². The molecule has 0 aliphatic heterocycles. The van der Waals surface area contributed by atoms with Gasteiger partial charge in [0.25, 0.3) is 0 Å². The first kappa shape index (κ1) is 8.19. The molecule has 0 aromatic carbocycles. The van der Waals surface area contributed by atoms with Crippen molar-refractivity contribution >= 4 is 12.6 Å². The van der Waals surface area contributed by atoms with Crippen molar-refractivity contribution in [3.05, 3.63) is 11.6 Å². The van der Waals surface area contributed by atoms with E-state index in [1.54, 1.807) is 0 Å². The van der Waals surface area contributed by atoms with Gasteiger partial charge >= 0.3 is 0 Å². The zero-order chi connectivity index (χ0) is 7.78. The second-order valence-electron chi connectivity index (χ2n) is 3.87. The summed E-state index contributed by atoms with van der Waals surface area (Å²) in [6.07, 6.45) is 4.73. The highest BCUT2D eigenvalue weighted by Gasteiger charge is 2.25. The molecule has 0 bridgehead atoms. The van der Waals surface area contributed by atoms with Crippen molar-refractivity contribution in [2.75, 3.05) is 0 Å². The molecule has 0 spiro atoms. The summed E-state index contributed by atoms with van der Waals surface area (Å²) in [6, 6.07) is 0. The van der Waals surface area contributed by atoms with Gasteiger partial charge in [0.05, 0.1) is 0 Å². The lowest BCUT2D eigenvalue weighted by atomic mass is 9.84. The van der Waals surface area contributed by atoms with E-state index in [-0.39, 0.29) is 4.75 Å². The molecule has 10 heavy (non-hydrogen) atoms. The molecule has 58 valence electrons. The summed E-state index contributed by atoms with van der Waals surface area (Å²) in [5.41, 5.74) is 1.50. The normalized spacial score (nSPS) is 41.2. The molecule has 2 atom stereocenters. The molecule has 1 rings (SSSR count). The van der Waals surface area contributed by atoms with Gasteiger partial charge in [-0.1, -0.05) is 25.5 Å². The third-order valence-electron chi connectivity index (χ3n) is 1.99. The van der Waals surface area contributed by atoms with Crippen LogP contribution in [-0.4, -0.2) is 4.75 Å². The van der Waals surface area contributed by atoms with Crippen LogP contribution in [0, 0.1) is 5.92 Å². The minimum absolute atomic E-state index is 0.248. The third kappa shape index (κ3) is 2.05. The van der Waals surface area contributed by atoms with E-state index in [4.69, 9.17) is 0 Å². The fourth-order valence-corrected chi connectivity index (χ4v) is 2.51. The Hall–Kier alpha value is 0.0900. The fraction of sp³-hybridized carbons (Fsp3) is 0.778. The second-order valence-corrected chi connectivity index (χ2v) is 4.95. The molecule has 0 N–H and O–H groups in total. The molecule has 1 aliphatic rings. The third-order valence-corrected chi connectivity index (χ3v) is 2.33. The first-order chi connectivity index (χ1) is 4.49. The van der Waals surface area contributed by atoms with Crippen LogP contribution in [0.2, 0.25) is 0 Å². The van der Waals surface area contributed by atoms with Gasteiger partial charge in [0.1, 0.15) is 0 Å². The number of rotatable bonds is 0. The van der Waals surface area contributed by atoms with Crippen LogP contribution in [0.25, 0.3) is 0 Å². The maximum absolute atomic E-state index is 4.60. The molecule has 0 saturated heterocycles. The van der Waals surface area contributed by atoms with Crippen molar-refractivity contribution < 1.29 is 0 Å². The van der Waals surface area contributed by atoms with Crippen LogP contribution in [0.3, 0.4) is 0 Å². The molecule has 0 aromatic rings. The van der Waals surface area contributed by atoms with E-state index in [1.165, 1.54) is 12.0 Å². The van der Waals surface area contributed by atoms with Gasteiger partial charge in [-0.25, -0.2) is 0 Å². The minimum Gasteiger partial charge on any atom is -0.172 e. The van der Waals surface area contributed by atoms with Gasteiger partial charge in [-0.3, -0.25) is 0 Å². The Morgan fingerprint density at radius 2 is 2.30 bits per heavy atom. The number of hydrogen-bond acceptors (Lipinski definition) is 1. The summed E-state index contributed by atoms with van der Waals surface area (Å²) in [7, 11) is 0. The zero-order valence-electron chi connectivity index (χ0n) is 7.02. The summed E-state index contributed by atoms with van der Waals surface area (Å²) < 4.78 is 0.248. The molecule has 1 heteroatoms. The standard InChI is InChI=1S/C9H16S/c1-7-4-8(2)6-9(3,10)5-7/h4,7,10H,5-6H2,1-3H3. The van der Waals surface area contributed by atoms with E-state index in [0.29, 0.717) is 0 Å². The van der Waals surface area contributed by atoms with Crippen LogP contribution in [0.15, 0.2) is 11.6 Å². The van der Waals surface area contributed by atoms with Gasteiger partial charge in [-0.15, -0.1) is 0 Å². The average molecular weight is 156 g/mol. The Kier molecular flexibility index (Phi) is 2.14. The van der Waals surface area contributed by atoms with E-state index in [0.717, 1.165) is 12.3 Å². The van der Waals surface area contributed by atoms with Crippen molar-refractivity contribution in [1.29, 1.82) is 0 Å². The van der Waals surface area contributed by atoms with Crippen LogP contribution in [-0.2, 0) is 0 Å². The Balaban J connectivity index is 2.70. The Morgan fingerprint density at radius 1 is 1.70 bits per heavy atom. The van der Waals surface area contributed by atoms with E-state index >= 15 is 0 Å². The zero-order valence-corrected chi connectivity index (χ0v) is 7.91. The second kappa shape index (κ2) is 2.61. The van der Waals surface area contributed by atoms with Crippen molar-refractivity contribution in [1.82, 2.24) is 0 Å². The van der Waals surface area contributed by atoms with Crippen LogP contribution in [0.4, 0.5) is 0 Å².